The number of carbonyl (C=O) groups excluding carboxylic acids is 1. The van der Waals surface area contributed by atoms with Crippen molar-refractivity contribution in [2.24, 2.45) is 0 Å². The summed E-state index contributed by atoms with van der Waals surface area (Å²) in [5.41, 5.74) is 2.10. The molecule has 0 spiro atoms. The number of amides is 1. The Morgan fingerprint density at radius 3 is 2.09 bits per heavy atom. The summed E-state index contributed by atoms with van der Waals surface area (Å²) in [5, 5.41) is 9.12. The summed E-state index contributed by atoms with van der Waals surface area (Å²) < 4.78 is 5.31. The van der Waals surface area contributed by atoms with Gasteiger partial charge >= 0.3 is 6.09 Å². The van der Waals surface area contributed by atoms with Gasteiger partial charge in [-0.2, -0.15) is 0 Å². The van der Waals surface area contributed by atoms with Crippen molar-refractivity contribution in [1.82, 2.24) is 4.90 Å². The van der Waals surface area contributed by atoms with Crippen LogP contribution in [-0.2, 0) is 17.8 Å². The normalized spacial score (nSPS) is 10.2. The SMILES string of the molecule is O=C(OCc1ccccc1)N(CCO)CCc1ccccc1. The fraction of sp³-hybridized carbons (Fsp3) is 0.278. The molecule has 1 amide bonds. The molecule has 22 heavy (non-hydrogen) atoms. The number of benzene rings is 2. The predicted octanol–water partition coefficient (Wildman–Crippen LogP) is 2.86. The predicted molar refractivity (Wildman–Crippen MR) is 85.4 cm³/mol. The molecule has 1 N–H and O–H groups in total. The van der Waals surface area contributed by atoms with Gasteiger partial charge in [0.25, 0.3) is 0 Å². The minimum Gasteiger partial charge on any atom is -0.445 e. The lowest BCUT2D eigenvalue weighted by atomic mass is 10.1. The van der Waals surface area contributed by atoms with Crippen molar-refractivity contribution < 1.29 is 14.6 Å². The van der Waals surface area contributed by atoms with E-state index in [0.717, 1.165) is 17.5 Å². The molecule has 2 aromatic carbocycles. The second-order valence-electron chi connectivity index (χ2n) is 4.99. The fourth-order valence-electron chi connectivity index (χ4n) is 2.13. The number of ether oxygens (including phenoxy) is 1. The Bertz CT molecular complexity index is 557. The number of hydrogen-bond donors (Lipinski definition) is 1. The lowest BCUT2D eigenvalue weighted by molar-refractivity contribution is 0.0890. The second kappa shape index (κ2) is 8.85. The summed E-state index contributed by atoms with van der Waals surface area (Å²) in [5.74, 6) is 0. The van der Waals surface area contributed by atoms with E-state index in [2.05, 4.69) is 0 Å². The van der Waals surface area contributed by atoms with Crippen molar-refractivity contribution in [1.29, 1.82) is 0 Å². The number of rotatable bonds is 7. The highest BCUT2D eigenvalue weighted by molar-refractivity contribution is 5.67. The molecule has 0 aliphatic rings. The molecule has 0 aliphatic carbocycles. The van der Waals surface area contributed by atoms with Gasteiger partial charge < -0.3 is 14.7 Å². The highest BCUT2D eigenvalue weighted by Gasteiger charge is 2.14. The van der Waals surface area contributed by atoms with Gasteiger partial charge in [0.15, 0.2) is 0 Å². The fourth-order valence-corrected chi connectivity index (χ4v) is 2.13. The van der Waals surface area contributed by atoms with E-state index in [-0.39, 0.29) is 19.8 Å². The number of aliphatic hydroxyl groups excluding tert-OH is 1. The lowest BCUT2D eigenvalue weighted by Crippen LogP contribution is -2.35. The Balaban J connectivity index is 1.85. The van der Waals surface area contributed by atoms with E-state index >= 15 is 0 Å². The highest BCUT2D eigenvalue weighted by Crippen LogP contribution is 2.06. The molecule has 0 radical (unpaired) electrons. The molecule has 0 aliphatic heterocycles. The summed E-state index contributed by atoms with van der Waals surface area (Å²) in [6, 6.07) is 19.5. The molecule has 0 saturated heterocycles. The smallest absolute Gasteiger partial charge is 0.410 e. The molecular weight excluding hydrogens is 278 g/mol. The summed E-state index contributed by atoms with van der Waals surface area (Å²) in [6.07, 6.45) is 0.343. The van der Waals surface area contributed by atoms with Gasteiger partial charge in [0, 0.05) is 13.1 Å². The van der Waals surface area contributed by atoms with Crippen LogP contribution in [0.4, 0.5) is 4.79 Å². The van der Waals surface area contributed by atoms with Crippen LogP contribution in [-0.4, -0.2) is 35.8 Å². The topological polar surface area (TPSA) is 49.8 Å². The van der Waals surface area contributed by atoms with E-state index in [4.69, 9.17) is 9.84 Å². The third-order valence-electron chi connectivity index (χ3n) is 3.35. The van der Waals surface area contributed by atoms with Gasteiger partial charge in [0.05, 0.1) is 6.61 Å². The van der Waals surface area contributed by atoms with E-state index in [1.165, 1.54) is 4.90 Å². The zero-order chi connectivity index (χ0) is 15.6. The van der Waals surface area contributed by atoms with Gasteiger partial charge in [-0.1, -0.05) is 60.7 Å². The average Bonchev–Trinajstić information content (AvgIpc) is 2.58. The van der Waals surface area contributed by atoms with Crippen molar-refractivity contribution in [3.63, 3.8) is 0 Å². The van der Waals surface area contributed by atoms with Crippen molar-refractivity contribution in [2.45, 2.75) is 13.0 Å². The monoisotopic (exact) mass is 299 g/mol. The second-order valence-corrected chi connectivity index (χ2v) is 4.99. The standard InChI is InChI=1S/C18H21NO3/c20-14-13-19(12-11-16-7-3-1-4-8-16)18(21)22-15-17-9-5-2-6-10-17/h1-10,20H,11-15H2. The molecule has 0 atom stereocenters. The first-order chi connectivity index (χ1) is 10.8. The van der Waals surface area contributed by atoms with E-state index in [9.17, 15) is 4.79 Å². The molecule has 0 fully saturated rings. The van der Waals surface area contributed by atoms with Gasteiger partial charge in [0.2, 0.25) is 0 Å². The zero-order valence-corrected chi connectivity index (χ0v) is 12.5. The van der Waals surface area contributed by atoms with Crippen molar-refractivity contribution in [3.05, 3.63) is 71.8 Å². The Morgan fingerprint density at radius 1 is 0.909 bits per heavy atom. The maximum atomic E-state index is 12.1. The molecule has 2 rings (SSSR count). The number of nitrogens with zero attached hydrogens (tertiary/aromatic N) is 1. The maximum Gasteiger partial charge on any atom is 0.410 e. The van der Waals surface area contributed by atoms with Crippen LogP contribution >= 0.6 is 0 Å². The van der Waals surface area contributed by atoms with Gasteiger partial charge in [0.1, 0.15) is 6.61 Å². The molecule has 116 valence electrons. The van der Waals surface area contributed by atoms with Crippen LogP contribution in [0.3, 0.4) is 0 Å². The summed E-state index contributed by atoms with van der Waals surface area (Å²) >= 11 is 0. The molecule has 0 unspecified atom stereocenters. The van der Waals surface area contributed by atoms with Crippen LogP contribution in [0.15, 0.2) is 60.7 Å². The maximum absolute atomic E-state index is 12.1. The molecule has 0 heterocycles. The minimum atomic E-state index is -0.395. The van der Waals surface area contributed by atoms with Crippen LogP contribution in [0.25, 0.3) is 0 Å². The van der Waals surface area contributed by atoms with Crippen molar-refractivity contribution >= 4 is 6.09 Å². The van der Waals surface area contributed by atoms with E-state index in [1.807, 2.05) is 60.7 Å². The van der Waals surface area contributed by atoms with Gasteiger partial charge in [-0.15, -0.1) is 0 Å². The lowest BCUT2D eigenvalue weighted by Gasteiger charge is -2.21. The van der Waals surface area contributed by atoms with Gasteiger partial charge in [-0.25, -0.2) is 4.79 Å². The number of carbonyl (C=O) groups is 1. The molecule has 0 bridgehead atoms. The third kappa shape index (κ3) is 5.22. The van der Waals surface area contributed by atoms with Crippen LogP contribution in [0.2, 0.25) is 0 Å². The molecule has 4 nitrogen and oxygen atoms in total. The summed E-state index contributed by atoms with van der Waals surface area (Å²) in [6.45, 7) is 0.973. The Labute approximate surface area is 131 Å². The summed E-state index contributed by atoms with van der Waals surface area (Å²) in [4.78, 5) is 13.7. The quantitative estimate of drug-likeness (QED) is 0.855. The van der Waals surface area contributed by atoms with Gasteiger partial charge in [-0.05, 0) is 17.5 Å². The Kier molecular flexibility index (Phi) is 6.45. The highest BCUT2D eigenvalue weighted by atomic mass is 16.6. The molecule has 2 aromatic rings. The van der Waals surface area contributed by atoms with E-state index in [0.29, 0.717) is 6.54 Å². The number of hydrogen-bond acceptors (Lipinski definition) is 3. The van der Waals surface area contributed by atoms with Gasteiger partial charge in [-0.3, -0.25) is 0 Å². The molecule has 0 saturated carbocycles. The van der Waals surface area contributed by atoms with E-state index < -0.39 is 6.09 Å². The average molecular weight is 299 g/mol. The first-order valence-electron chi connectivity index (χ1n) is 7.40. The summed E-state index contributed by atoms with van der Waals surface area (Å²) in [7, 11) is 0. The van der Waals surface area contributed by atoms with Crippen LogP contribution in [0.1, 0.15) is 11.1 Å². The molecule has 0 aromatic heterocycles. The Hall–Kier alpha value is -2.33. The third-order valence-corrected chi connectivity index (χ3v) is 3.35. The van der Waals surface area contributed by atoms with Crippen molar-refractivity contribution in [3.8, 4) is 0 Å². The van der Waals surface area contributed by atoms with Crippen LogP contribution < -0.4 is 0 Å². The largest absolute Gasteiger partial charge is 0.445 e. The zero-order valence-electron chi connectivity index (χ0n) is 12.5. The van der Waals surface area contributed by atoms with E-state index in [1.54, 1.807) is 0 Å². The molecule has 4 heteroatoms. The Morgan fingerprint density at radius 2 is 1.50 bits per heavy atom. The van der Waals surface area contributed by atoms with Crippen LogP contribution in [0.5, 0.6) is 0 Å². The van der Waals surface area contributed by atoms with Crippen LogP contribution in [0, 0.1) is 0 Å². The number of aliphatic hydroxyl groups is 1. The van der Waals surface area contributed by atoms with Crippen molar-refractivity contribution in [2.75, 3.05) is 19.7 Å². The first kappa shape index (κ1) is 16.0. The first-order valence-corrected chi connectivity index (χ1v) is 7.40. The molecular formula is C18H21NO3. The minimum absolute atomic E-state index is 0.0742.